The lowest BCUT2D eigenvalue weighted by Crippen LogP contribution is -2.18. The van der Waals surface area contributed by atoms with Crippen LogP contribution in [0.5, 0.6) is 11.5 Å². The molecule has 2 aromatic rings. The summed E-state index contributed by atoms with van der Waals surface area (Å²) in [6.45, 7) is 6.91. The van der Waals surface area contributed by atoms with E-state index in [1.54, 1.807) is 6.07 Å². The van der Waals surface area contributed by atoms with Crippen molar-refractivity contribution in [3.05, 3.63) is 24.0 Å². The highest BCUT2D eigenvalue weighted by atomic mass is 32.2. The Morgan fingerprint density at radius 3 is 2.66 bits per heavy atom. The van der Waals surface area contributed by atoms with E-state index in [2.05, 4.69) is 20.1 Å². The van der Waals surface area contributed by atoms with E-state index in [-0.39, 0.29) is 11.7 Å². The van der Waals surface area contributed by atoms with E-state index in [0.29, 0.717) is 36.4 Å². The second-order valence-corrected chi connectivity index (χ2v) is 7.99. The number of amides is 1. The lowest BCUT2D eigenvalue weighted by Gasteiger charge is -2.24. The maximum Gasteiger partial charge on any atom is 0.234 e. The molecule has 3 rings (SSSR count). The Morgan fingerprint density at radius 2 is 1.93 bits per heavy atom. The molecule has 0 radical (unpaired) electrons. The highest BCUT2D eigenvalue weighted by Crippen LogP contribution is 2.33. The van der Waals surface area contributed by atoms with Gasteiger partial charge in [0.1, 0.15) is 17.3 Å². The summed E-state index contributed by atoms with van der Waals surface area (Å²) < 4.78 is 13.4. The lowest BCUT2D eigenvalue weighted by molar-refractivity contribution is -0.113. The third-order valence-electron chi connectivity index (χ3n) is 4.94. The summed E-state index contributed by atoms with van der Waals surface area (Å²) in [7, 11) is 0. The molecule has 1 amide bonds. The number of nitrogens with one attached hydrogen (secondary N) is 1. The highest BCUT2D eigenvalue weighted by molar-refractivity contribution is 7.99. The summed E-state index contributed by atoms with van der Waals surface area (Å²) >= 11 is 1.43. The van der Waals surface area contributed by atoms with E-state index in [1.165, 1.54) is 31.0 Å². The van der Waals surface area contributed by atoms with Crippen LogP contribution in [-0.4, -0.2) is 39.6 Å². The van der Waals surface area contributed by atoms with Gasteiger partial charge in [-0.2, -0.15) is 0 Å². The summed E-state index contributed by atoms with van der Waals surface area (Å²) in [6, 6.07) is 5.90. The van der Waals surface area contributed by atoms with Crippen LogP contribution < -0.4 is 14.8 Å². The molecule has 29 heavy (non-hydrogen) atoms. The Bertz CT molecular complexity index is 818. The maximum atomic E-state index is 12.6. The van der Waals surface area contributed by atoms with Gasteiger partial charge in [-0.25, -0.2) is 0 Å². The minimum atomic E-state index is -0.111. The molecule has 1 aromatic heterocycles. The quantitative estimate of drug-likeness (QED) is 0.599. The summed E-state index contributed by atoms with van der Waals surface area (Å²) in [4.78, 5) is 12.6. The van der Waals surface area contributed by atoms with Gasteiger partial charge in [0.2, 0.25) is 5.91 Å². The van der Waals surface area contributed by atoms with Crippen LogP contribution in [0, 0.1) is 6.92 Å². The zero-order valence-electron chi connectivity index (χ0n) is 17.4. The predicted octanol–water partition coefficient (Wildman–Crippen LogP) is 4.62. The Balaban J connectivity index is 1.65. The van der Waals surface area contributed by atoms with Gasteiger partial charge in [-0.15, -0.1) is 10.2 Å². The van der Waals surface area contributed by atoms with Crippen molar-refractivity contribution in [3.8, 4) is 11.5 Å². The zero-order valence-corrected chi connectivity index (χ0v) is 18.3. The maximum absolute atomic E-state index is 12.6. The molecule has 0 aliphatic heterocycles. The summed E-state index contributed by atoms with van der Waals surface area (Å²) in [5.74, 6) is 2.40. The smallest absolute Gasteiger partial charge is 0.234 e. The number of thioether (sulfide) groups is 1. The third kappa shape index (κ3) is 5.65. The fraction of sp³-hybridized carbons (Fsp3) is 0.571. The summed E-state index contributed by atoms with van der Waals surface area (Å²) in [6.07, 6.45) is 6.08. The number of hydrogen-bond donors (Lipinski definition) is 1. The minimum Gasteiger partial charge on any atom is -0.494 e. The number of hydrogen-bond acceptors (Lipinski definition) is 6. The number of carbonyl (C=O) groups excluding carboxylic acids is 1. The van der Waals surface area contributed by atoms with Crippen molar-refractivity contribution in [2.45, 2.75) is 64.1 Å². The molecule has 1 saturated carbocycles. The van der Waals surface area contributed by atoms with Crippen molar-refractivity contribution in [2.75, 3.05) is 24.3 Å². The molecule has 0 saturated heterocycles. The van der Waals surface area contributed by atoms with Crippen molar-refractivity contribution >= 4 is 23.4 Å². The second-order valence-electron chi connectivity index (χ2n) is 7.05. The predicted molar refractivity (Wildman–Crippen MR) is 115 cm³/mol. The SMILES string of the molecule is CCOc1ccc(OCC)c(NC(=O)CSc2nnc(C)n2C2CCCCC2)c1. The van der Waals surface area contributed by atoms with Crippen LogP contribution >= 0.6 is 11.8 Å². The van der Waals surface area contributed by atoms with Gasteiger partial charge in [-0.3, -0.25) is 4.79 Å². The Hall–Kier alpha value is -2.22. The first-order valence-corrected chi connectivity index (χ1v) is 11.3. The molecule has 1 aromatic carbocycles. The minimum absolute atomic E-state index is 0.111. The average molecular weight is 419 g/mol. The Labute approximate surface area is 176 Å². The number of aryl methyl sites for hydroxylation is 1. The van der Waals surface area contributed by atoms with Gasteiger partial charge >= 0.3 is 0 Å². The first kappa shape index (κ1) is 21.5. The molecular weight excluding hydrogens is 388 g/mol. The van der Waals surface area contributed by atoms with Crippen LogP contribution in [0.4, 0.5) is 5.69 Å². The number of aromatic nitrogens is 3. The van der Waals surface area contributed by atoms with Crippen molar-refractivity contribution in [3.63, 3.8) is 0 Å². The Kier molecular flexibility index (Phi) is 7.80. The van der Waals surface area contributed by atoms with Crippen LogP contribution in [0.3, 0.4) is 0 Å². The molecular formula is C21H30N4O3S. The average Bonchev–Trinajstić information content (AvgIpc) is 3.10. The molecule has 1 heterocycles. The number of rotatable bonds is 9. The fourth-order valence-electron chi connectivity index (χ4n) is 3.67. The number of nitrogens with zero attached hydrogens (tertiary/aromatic N) is 3. The number of ether oxygens (including phenoxy) is 2. The van der Waals surface area contributed by atoms with Crippen molar-refractivity contribution in [1.29, 1.82) is 0 Å². The number of benzene rings is 1. The number of carbonyl (C=O) groups is 1. The first-order valence-electron chi connectivity index (χ1n) is 10.4. The van der Waals surface area contributed by atoms with E-state index >= 15 is 0 Å². The molecule has 7 nitrogen and oxygen atoms in total. The molecule has 1 fully saturated rings. The van der Waals surface area contributed by atoms with Crippen LogP contribution in [0.2, 0.25) is 0 Å². The van der Waals surface area contributed by atoms with E-state index in [1.807, 2.05) is 32.9 Å². The summed E-state index contributed by atoms with van der Waals surface area (Å²) in [5.41, 5.74) is 0.619. The topological polar surface area (TPSA) is 78.3 Å². The van der Waals surface area contributed by atoms with Gasteiger partial charge in [-0.05, 0) is 45.7 Å². The van der Waals surface area contributed by atoms with E-state index in [0.717, 1.165) is 23.8 Å². The van der Waals surface area contributed by atoms with Gasteiger partial charge in [0.25, 0.3) is 0 Å². The molecule has 0 unspecified atom stereocenters. The normalized spacial score (nSPS) is 14.6. The largest absolute Gasteiger partial charge is 0.494 e. The van der Waals surface area contributed by atoms with E-state index < -0.39 is 0 Å². The van der Waals surface area contributed by atoms with Crippen molar-refractivity contribution in [2.24, 2.45) is 0 Å². The van der Waals surface area contributed by atoms with Gasteiger partial charge in [-0.1, -0.05) is 31.0 Å². The first-order chi connectivity index (χ1) is 14.1. The molecule has 1 aliphatic rings. The van der Waals surface area contributed by atoms with Crippen LogP contribution in [-0.2, 0) is 4.79 Å². The molecule has 1 aliphatic carbocycles. The van der Waals surface area contributed by atoms with Crippen LogP contribution in [0.1, 0.15) is 57.8 Å². The van der Waals surface area contributed by atoms with E-state index in [9.17, 15) is 4.79 Å². The fourth-order valence-corrected chi connectivity index (χ4v) is 4.52. The van der Waals surface area contributed by atoms with Crippen LogP contribution in [0.25, 0.3) is 0 Å². The monoisotopic (exact) mass is 418 g/mol. The Morgan fingerprint density at radius 1 is 1.17 bits per heavy atom. The van der Waals surface area contributed by atoms with Crippen molar-refractivity contribution in [1.82, 2.24) is 14.8 Å². The van der Waals surface area contributed by atoms with Gasteiger partial charge in [0.15, 0.2) is 5.16 Å². The van der Waals surface area contributed by atoms with Crippen LogP contribution in [0.15, 0.2) is 23.4 Å². The van der Waals surface area contributed by atoms with Gasteiger partial charge in [0.05, 0.1) is 24.7 Å². The van der Waals surface area contributed by atoms with Gasteiger partial charge < -0.3 is 19.4 Å². The third-order valence-corrected chi connectivity index (χ3v) is 5.89. The van der Waals surface area contributed by atoms with Crippen molar-refractivity contribution < 1.29 is 14.3 Å². The number of anilines is 1. The lowest BCUT2D eigenvalue weighted by atomic mass is 9.95. The zero-order chi connectivity index (χ0) is 20.6. The molecule has 0 spiro atoms. The molecule has 0 bridgehead atoms. The molecule has 0 atom stereocenters. The second kappa shape index (κ2) is 10.5. The molecule has 1 N–H and O–H groups in total. The molecule has 8 heteroatoms. The van der Waals surface area contributed by atoms with Gasteiger partial charge in [0, 0.05) is 12.1 Å². The highest BCUT2D eigenvalue weighted by Gasteiger charge is 2.22. The standard InChI is InChI=1S/C21H30N4O3S/c1-4-27-17-11-12-19(28-5-2)18(13-17)22-20(26)14-29-21-24-23-15(3)25(21)16-9-7-6-8-10-16/h11-13,16H,4-10,14H2,1-3H3,(H,22,26). The van der Waals surface area contributed by atoms with E-state index in [4.69, 9.17) is 9.47 Å². The summed E-state index contributed by atoms with van der Waals surface area (Å²) in [5, 5.41) is 12.3. The molecule has 158 valence electrons.